The van der Waals surface area contributed by atoms with Gasteiger partial charge in [0.1, 0.15) is 5.02 Å². The zero-order chi connectivity index (χ0) is 15.2. The highest BCUT2D eigenvalue weighted by atomic mass is 35.5. The Bertz CT molecular complexity index is 686. The second-order valence-electron chi connectivity index (χ2n) is 3.66. The first-order chi connectivity index (χ1) is 9.27. The molecule has 2 aromatic rings. The van der Waals surface area contributed by atoms with Gasteiger partial charge >= 0.3 is 0 Å². The first kappa shape index (κ1) is 15.7. The van der Waals surface area contributed by atoms with Crippen molar-refractivity contribution in [3.05, 3.63) is 55.5 Å². The Morgan fingerprint density at radius 3 is 1.50 bits per heavy atom. The van der Waals surface area contributed by atoms with Crippen molar-refractivity contribution in [1.29, 1.82) is 0 Å². The summed E-state index contributed by atoms with van der Waals surface area (Å²) >= 11 is 22.4. The third kappa shape index (κ3) is 2.35. The van der Waals surface area contributed by atoms with Crippen molar-refractivity contribution < 1.29 is 17.6 Å². The molecule has 106 valence electrons. The predicted molar refractivity (Wildman–Crippen MR) is 71.8 cm³/mol. The lowest BCUT2D eigenvalue weighted by molar-refractivity contribution is 0.459. The van der Waals surface area contributed by atoms with E-state index in [1.165, 1.54) is 12.1 Å². The van der Waals surface area contributed by atoms with Crippen LogP contribution in [0.5, 0.6) is 0 Å². The molecule has 0 spiro atoms. The molecule has 0 aliphatic carbocycles. The van der Waals surface area contributed by atoms with E-state index in [1.807, 2.05) is 0 Å². The molecule has 0 aromatic heterocycles. The van der Waals surface area contributed by atoms with E-state index in [2.05, 4.69) is 0 Å². The van der Waals surface area contributed by atoms with E-state index in [-0.39, 0.29) is 15.1 Å². The van der Waals surface area contributed by atoms with E-state index in [9.17, 15) is 17.6 Å². The third-order valence-electron chi connectivity index (χ3n) is 2.50. The Balaban J connectivity index is 2.95. The highest BCUT2D eigenvalue weighted by Gasteiger charge is 2.28. The molecule has 0 N–H and O–H groups in total. The smallest absolute Gasteiger partial charge is 0.181 e. The maximum absolute atomic E-state index is 13.9. The fourth-order valence-electron chi connectivity index (χ4n) is 1.58. The fraction of sp³-hybridized carbons (Fsp3) is 0. The molecule has 0 saturated carbocycles. The maximum Gasteiger partial charge on any atom is 0.181 e. The molecule has 0 amide bonds. The Labute approximate surface area is 130 Å². The molecule has 0 nitrogen and oxygen atoms in total. The van der Waals surface area contributed by atoms with Crippen LogP contribution in [-0.2, 0) is 0 Å². The van der Waals surface area contributed by atoms with Gasteiger partial charge in [0.05, 0.1) is 20.6 Å². The lowest BCUT2D eigenvalue weighted by atomic mass is 10.0. The molecule has 0 fully saturated rings. The summed E-state index contributed by atoms with van der Waals surface area (Å²) < 4.78 is 54.6. The van der Waals surface area contributed by atoms with Crippen LogP contribution in [0.4, 0.5) is 17.6 Å². The van der Waals surface area contributed by atoms with E-state index in [4.69, 9.17) is 46.4 Å². The highest BCUT2D eigenvalue weighted by Crippen LogP contribution is 2.43. The van der Waals surface area contributed by atoms with E-state index in [0.29, 0.717) is 0 Å². The quantitative estimate of drug-likeness (QED) is 0.307. The number of rotatable bonds is 1. The van der Waals surface area contributed by atoms with Crippen LogP contribution >= 0.6 is 46.4 Å². The van der Waals surface area contributed by atoms with E-state index >= 15 is 0 Å². The first-order valence-corrected chi connectivity index (χ1v) is 6.43. The van der Waals surface area contributed by atoms with Gasteiger partial charge in [-0.3, -0.25) is 0 Å². The van der Waals surface area contributed by atoms with Gasteiger partial charge in [0.2, 0.25) is 0 Å². The number of hydrogen-bond acceptors (Lipinski definition) is 0. The summed E-state index contributed by atoms with van der Waals surface area (Å²) in [5, 5.41) is -1.94. The molecule has 0 aliphatic heterocycles. The molecule has 8 heteroatoms. The van der Waals surface area contributed by atoms with Crippen LogP contribution in [-0.4, -0.2) is 0 Å². The van der Waals surface area contributed by atoms with E-state index < -0.39 is 39.4 Å². The number of halogens is 8. The largest absolute Gasteiger partial charge is 0.203 e. The number of hydrogen-bond donors (Lipinski definition) is 0. The Hall–Kier alpha value is -0.680. The van der Waals surface area contributed by atoms with Crippen molar-refractivity contribution in [3.63, 3.8) is 0 Å². The van der Waals surface area contributed by atoms with Crippen LogP contribution < -0.4 is 0 Å². The Morgan fingerprint density at radius 1 is 0.550 bits per heavy atom. The van der Waals surface area contributed by atoms with Crippen LogP contribution in [0.25, 0.3) is 11.1 Å². The van der Waals surface area contributed by atoms with Gasteiger partial charge in [0.25, 0.3) is 0 Å². The van der Waals surface area contributed by atoms with Crippen molar-refractivity contribution in [2.24, 2.45) is 0 Å². The topological polar surface area (TPSA) is 0 Å². The molecule has 0 bridgehead atoms. The molecule has 2 rings (SSSR count). The average Bonchev–Trinajstić information content (AvgIpc) is 2.42. The van der Waals surface area contributed by atoms with Crippen LogP contribution in [0.3, 0.4) is 0 Å². The predicted octanol–water partition coefficient (Wildman–Crippen LogP) is 6.52. The summed E-state index contributed by atoms with van der Waals surface area (Å²) in [5.74, 6) is -6.90. The minimum atomic E-state index is -1.74. The molecular weight excluding hydrogens is 362 g/mol. The summed E-state index contributed by atoms with van der Waals surface area (Å²) in [6.45, 7) is 0. The van der Waals surface area contributed by atoms with Gasteiger partial charge in [-0.05, 0) is 12.1 Å². The van der Waals surface area contributed by atoms with E-state index in [0.717, 1.165) is 0 Å². The summed E-state index contributed by atoms with van der Waals surface area (Å²) in [5.41, 5.74) is -1.52. The molecular formula is C12H2Cl4F4. The molecule has 0 heterocycles. The van der Waals surface area contributed by atoms with Crippen molar-refractivity contribution in [2.75, 3.05) is 0 Å². The molecule has 0 unspecified atom stereocenters. The molecule has 0 atom stereocenters. The van der Waals surface area contributed by atoms with Crippen molar-refractivity contribution in [2.45, 2.75) is 0 Å². The Kier molecular flexibility index (Phi) is 4.40. The molecule has 0 saturated heterocycles. The average molecular weight is 364 g/mol. The van der Waals surface area contributed by atoms with Gasteiger partial charge in [-0.25, -0.2) is 17.6 Å². The number of benzene rings is 2. The van der Waals surface area contributed by atoms with Crippen LogP contribution in [0.2, 0.25) is 20.1 Å². The molecule has 0 aliphatic rings. The minimum absolute atomic E-state index is 0.0827. The molecule has 2 aromatic carbocycles. The summed E-state index contributed by atoms with van der Waals surface area (Å²) in [6.07, 6.45) is 0. The summed E-state index contributed by atoms with van der Waals surface area (Å²) in [7, 11) is 0. The zero-order valence-corrected chi connectivity index (χ0v) is 12.2. The zero-order valence-electron chi connectivity index (χ0n) is 9.18. The minimum Gasteiger partial charge on any atom is -0.203 e. The van der Waals surface area contributed by atoms with Crippen molar-refractivity contribution in [3.8, 4) is 11.1 Å². The Morgan fingerprint density at radius 2 is 1.00 bits per heavy atom. The van der Waals surface area contributed by atoms with Gasteiger partial charge in [0, 0.05) is 5.56 Å². The monoisotopic (exact) mass is 362 g/mol. The van der Waals surface area contributed by atoms with Crippen molar-refractivity contribution >= 4 is 46.4 Å². The van der Waals surface area contributed by atoms with Gasteiger partial charge in [0.15, 0.2) is 23.3 Å². The van der Waals surface area contributed by atoms with Gasteiger partial charge < -0.3 is 0 Å². The van der Waals surface area contributed by atoms with Crippen molar-refractivity contribution in [1.82, 2.24) is 0 Å². The van der Waals surface area contributed by atoms with Gasteiger partial charge in [-0.1, -0.05) is 46.4 Å². The standard InChI is InChI=1S/C12H2Cl4F4/c13-3-1-2-4(14)7(15)5(3)6-9(17)11(19)8(16)12(20)10(6)18/h1-2H. The van der Waals surface area contributed by atoms with Crippen LogP contribution in [0.1, 0.15) is 0 Å². The summed E-state index contributed by atoms with van der Waals surface area (Å²) in [6, 6.07) is 2.46. The fourth-order valence-corrected chi connectivity index (χ4v) is 2.46. The van der Waals surface area contributed by atoms with Gasteiger partial charge in [-0.15, -0.1) is 0 Å². The normalized spacial score (nSPS) is 11.0. The molecule has 20 heavy (non-hydrogen) atoms. The lowest BCUT2D eigenvalue weighted by Gasteiger charge is -2.12. The second kappa shape index (κ2) is 5.60. The third-order valence-corrected chi connectivity index (χ3v) is 3.95. The van der Waals surface area contributed by atoms with Gasteiger partial charge in [-0.2, -0.15) is 0 Å². The van der Waals surface area contributed by atoms with Crippen LogP contribution in [0, 0.1) is 23.3 Å². The maximum atomic E-state index is 13.9. The SMILES string of the molecule is Fc1c(F)c(-c2c(Cl)ccc(Cl)c2Cl)c(F)c(F)c1Cl. The highest BCUT2D eigenvalue weighted by molar-refractivity contribution is 6.46. The second-order valence-corrected chi connectivity index (χ2v) is 5.23. The lowest BCUT2D eigenvalue weighted by Crippen LogP contribution is -2.01. The summed E-state index contributed by atoms with van der Waals surface area (Å²) in [4.78, 5) is 0. The van der Waals surface area contributed by atoms with E-state index in [1.54, 1.807) is 0 Å². The first-order valence-electron chi connectivity index (χ1n) is 4.92. The van der Waals surface area contributed by atoms with Crippen LogP contribution in [0.15, 0.2) is 12.1 Å². The molecule has 0 radical (unpaired) electrons.